The maximum atomic E-state index is 11.5. The second-order valence-electron chi connectivity index (χ2n) is 3.17. The number of nitrogen functional groups attached to an aromatic ring is 1. The Morgan fingerprint density at radius 2 is 2.23 bits per heavy atom. The smallest absolute Gasteiger partial charge is 0.170 e. The van der Waals surface area contributed by atoms with Gasteiger partial charge in [0.2, 0.25) is 0 Å². The molecule has 0 atom stereocenters. The second-order valence-corrected chi connectivity index (χ2v) is 3.17. The van der Waals surface area contributed by atoms with E-state index in [4.69, 9.17) is 10.5 Å². The summed E-state index contributed by atoms with van der Waals surface area (Å²) in [5, 5.41) is 0. The van der Waals surface area contributed by atoms with Crippen LogP contribution in [0.4, 0.5) is 5.69 Å². The van der Waals surface area contributed by atoms with E-state index in [2.05, 4.69) is 0 Å². The van der Waals surface area contributed by atoms with E-state index in [0.29, 0.717) is 30.0 Å². The van der Waals surface area contributed by atoms with Crippen LogP contribution in [-0.4, -0.2) is 12.4 Å². The first-order chi connectivity index (χ1) is 6.20. The third kappa shape index (κ3) is 1.16. The Morgan fingerprint density at radius 1 is 1.46 bits per heavy atom. The van der Waals surface area contributed by atoms with Crippen molar-refractivity contribution in [2.45, 2.75) is 13.3 Å². The Morgan fingerprint density at radius 3 is 3.00 bits per heavy atom. The molecule has 0 unspecified atom stereocenters. The molecule has 1 aliphatic rings. The maximum absolute atomic E-state index is 11.5. The first kappa shape index (κ1) is 8.10. The predicted molar refractivity (Wildman–Crippen MR) is 50.0 cm³/mol. The van der Waals surface area contributed by atoms with E-state index >= 15 is 0 Å². The number of anilines is 1. The molecular weight excluding hydrogens is 166 g/mol. The maximum Gasteiger partial charge on any atom is 0.170 e. The molecule has 1 aromatic carbocycles. The lowest BCUT2D eigenvalue weighted by atomic mass is 9.98. The minimum Gasteiger partial charge on any atom is -0.492 e. The molecule has 0 amide bonds. The third-order valence-electron chi connectivity index (χ3n) is 2.33. The lowest BCUT2D eigenvalue weighted by molar-refractivity contribution is 0.0933. The van der Waals surface area contributed by atoms with E-state index in [1.807, 2.05) is 6.92 Å². The number of hydrogen-bond donors (Lipinski definition) is 1. The average molecular weight is 177 g/mol. The number of Topliss-reactive ketones (excluding diaryl/α,β-unsaturated/α-hetero) is 1. The lowest BCUT2D eigenvalue weighted by Crippen LogP contribution is -2.17. The average Bonchev–Trinajstić information content (AvgIpc) is 2.12. The SMILES string of the molecule is Cc1c(N)ccc2c1C(=O)CCO2. The lowest BCUT2D eigenvalue weighted by Gasteiger charge is -2.18. The molecule has 0 saturated carbocycles. The summed E-state index contributed by atoms with van der Waals surface area (Å²) in [4.78, 5) is 11.5. The molecule has 2 N–H and O–H groups in total. The molecule has 0 aliphatic carbocycles. The number of nitrogens with two attached hydrogens (primary N) is 1. The largest absolute Gasteiger partial charge is 0.492 e. The summed E-state index contributed by atoms with van der Waals surface area (Å²) >= 11 is 0. The van der Waals surface area contributed by atoms with Crippen LogP contribution in [0.1, 0.15) is 22.3 Å². The molecule has 1 aliphatic heterocycles. The molecule has 3 nitrogen and oxygen atoms in total. The van der Waals surface area contributed by atoms with Crippen molar-refractivity contribution in [1.82, 2.24) is 0 Å². The van der Waals surface area contributed by atoms with Crippen molar-refractivity contribution in [2.24, 2.45) is 0 Å². The fourth-order valence-electron chi connectivity index (χ4n) is 1.55. The zero-order valence-corrected chi connectivity index (χ0v) is 7.46. The number of rotatable bonds is 0. The van der Waals surface area contributed by atoms with Gasteiger partial charge in [-0.3, -0.25) is 4.79 Å². The molecule has 0 aromatic heterocycles. The number of ketones is 1. The van der Waals surface area contributed by atoms with E-state index < -0.39 is 0 Å². The van der Waals surface area contributed by atoms with Gasteiger partial charge in [-0.25, -0.2) is 0 Å². The number of benzene rings is 1. The summed E-state index contributed by atoms with van der Waals surface area (Å²) in [5.41, 5.74) is 7.84. The van der Waals surface area contributed by atoms with Gasteiger partial charge in [-0.15, -0.1) is 0 Å². The molecule has 2 rings (SSSR count). The summed E-state index contributed by atoms with van der Waals surface area (Å²) in [5.74, 6) is 0.800. The van der Waals surface area contributed by atoms with Crippen LogP contribution in [0, 0.1) is 6.92 Å². The molecule has 1 heterocycles. The van der Waals surface area contributed by atoms with E-state index in [1.165, 1.54) is 0 Å². The van der Waals surface area contributed by atoms with Crippen LogP contribution < -0.4 is 10.5 Å². The van der Waals surface area contributed by atoms with E-state index in [0.717, 1.165) is 5.56 Å². The Bertz CT molecular complexity index is 371. The standard InChI is InChI=1S/C10H11NO2/c1-6-7(11)2-3-9-10(6)8(12)4-5-13-9/h2-3H,4-5,11H2,1H3. The highest BCUT2D eigenvalue weighted by molar-refractivity contribution is 6.02. The van der Waals surface area contributed by atoms with Gasteiger partial charge in [-0.05, 0) is 24.6 Å². The molecule has 0 fully saturated rings. The normalized spacial score (nSPS) is 15.0. The van der Waals surface area contributed by atoms with Gasteiger partial charge in [0.25, 0.3) is 0 Å². The molecule has 13 heavy (non-hydrogen) atoms. The minimum absolute atomic E-state index is 0.131. The van der Waals surface area contributed by atoms with E-state index in [1.54, 1.807) is 12.1 Å². The van der Waals surface area contributed by atoms with Gasteiger partial charge in [0, 0.05) is 12.1 Å². The molecule has 68 valence electrons. The number of carbonyl (C=O) groups is 1. The predicted octanol–water partition coefficient (Wildman–Crippen LogP) is 1.54. The summed E-state index contributed by atoms with van der Waals surface area (Å²) in [7, 11) is 0. The van der Waals surface area contributed by atoms with Gasteiger partial charge in [0.05, 0.1) is 12.2 Å². The molecule has 0 spiro atoms. The first-order valence-corrected chi connectivity index (χ1v) is 4.25. The first-order valence-electron chi connectivity index (χ1n) is 4.25. The summed E-state index contributed by atoms with van der Waals surface area (Å²) in [6, 6.07) is 3.53. The monoisotopic (exact) mass is 177 g/mol. The minimum atomic E-state index is 0.131. The van der Waals surface area contributed by atoms with Crippen molar-refractivity contribution < 1.29 is 9.53 Å². The van der Waals surface area contributed by atoms with Gasteiger partial charge in [0.15, 0.2) is 5.78 Å². The van der Waals surface area contributed by atoms with Gasteiger partial charge in [-0.2, -0.15) is 0 Å². The summed E-state index contributed by atoms with van der Waals surface area (Å²) < 4.78 is 5.35. The van der Waals surface area contributed by atoms with Gasteiger partial charge in [0.1, 0.15) is 5.75 Å². The highest BCUT2D eigenvalue weighted by atomic mass is 16.5. The van der Waals surface area contributed by atoms with Gasteiger partial charge in [-0.1, -0.05) is 0 Å². The van der Waals surface area contributed by atoms with Gasteiger partial charge < -0.3 is 10.5 Å². The van der Waals surface area contributed by atoms with Crippen LogP contribution in [0.15, 0.2) is 12.1 Å². The van der Waals surface area contributed by atoms with Gasteiger partial charge >= 0.3 is 0 Å². The van der Waals surface area contributed by atoms with Crippen LogP contribution in [0.25, 0.3) is 0 Å². The Labute approximate surface area is 76.5 Å². The molecular formula is C10H11NO2. The second kappa shape index (κ2) is 2.76. The van der Waals surface area contributed by atoms with E-state index in [9.17, 15) is 4.79 Å². The van der Waals surface area contributed by atoms with Crippen LogP contribution >= 0.6 is 0 Å². The number of fused-ring (bicyclic) bond motifs is 1. The molecule has 0 radical (unpaired) electrons. The molecule has 1 aromatic rings. The zero-order chi connectivity index (χ0) is 9.42. The summed E-state index contributed by atoms with van der Waals surface area (Å²) in [6.07, 6.45) is 0.456. The van der Waals surface area contributed by atoms with Crippen molar-refractivity contribution >= 4 is 11.5 Å². The van der Waals surface area contributed by atoms with Crippen molar-refractivity contribution in [1.29, 1.82) is 0 Å². The number of carbonyl (C=O) groups excluding carboxylic acids is 1. The van der Waals surface area contributed by atoms with Crippen molar-refractivity contribution in [3.05, 3.63) is 23.3 Å². The molecule has 3 heteroatoms. The molecule has 0 bridgehead atoms. The number of ether oxygens (including phenoxy) is 1. The number of hydrogen-bond acceptors (Lipinski definition) is 3. The third-order valence-corrected chi connectivity index (χ3v) is 2.33. The fourth-order valence-corrected chi connectivity index (χ4v) is 1.55. The highest BCUT2D eigenvalue weighted by Crippen LogP contribution is 2.30. The fraction of sp³-hybridized carbons (Fsp3) is 0.300. The van der Waals surface area contributed by atoms with Crippen molar-refractivity contribution in [3.63, 3.8) is 0 Å². The topological polar surface area (TPSA) is 52.3 Å². The van der Waals surface area contributed by atoms with Crippen LogP contribution in [0.2, 0.25) is 0 Å². The Kier molecular flexibility index (Phi) is 1.72. The summed E-state index contributed by atoms with van der Waals surface area (Å²) in [6.45, 7) is 2.33. The highest BCUT2D eigenvalue weighted by Gasteiger charge is 2.21. The Hall–Kier alpha value is -1.51. The zero-order valence-electron chi connectivity index (χ0n) is 7.46. The van der Waals surface area contributed by atoms with Crippen LogP contribution in [0.5, 0.6) is 5.75 Å². The van der Waals surface area contributed by atoms with Crippen LogP contribution in [0.3, 0.4) is 0 Å². The van der Waals surface area contributed by atoms with E-state index in [-0.39, 0.29) is 5.78 Å². The van der Waals surface area contributed by atoms with Crippen molar-refractivity contribution in [3.8, 4) is 5.75 Å². The quantitative estimate of drug-likeness (QED) is 0.611. The molecule has 0 saturated heterocycles. The van der Waals surface area contributed by atoms with Crippen molar-refractivity contribution in [2.75, 3.05) is 12.3 Å². The van der Waals surface area contributed by atoms with Crippen LogP contribution in [-0.2, 0) is 0 Å². The Balaban J connectivity index is 2.65.